The van der Waals surface area contributed by atoms with Crippen molar-refractivity contribution in [2.75, 3.05) is 25.1 Å². The second-order valence-corrected chi connectivity index (χ2v) is 7.04. The number of fused-ring (bicyclic) bond motifs is 1. The van der Waals surface area contributed by atoms with Gasteiger partial charge in [-0.3, -0.25) is 9.59 Å². The molecule has 6 nitrogen and oxygen atoms in total. The Balaban J connectivity index is 1.44. The van der Waals surface area contributed by atoms with E-state index in [2.05, 4.69) is 5.32 Å². The van der Waals surface area contributed by atoms with Crippen molar-refractivity contribution in [3.05, 3.63) is 54.1 Å². The molecule has 1 N–H and O–H groups in total. The van der Waals surface area contributed by atoms with Crippen molar-refractivity contribution in [3.8, 4) is 11.5 Å². The zero-order chi connectivity index (χ0) is 18.9. The highest BCUT2D eigenvalue weighted by molar-refractivity contribution is 6.01. The zero-order valence-corrected chi connectivity index (χ0v) is 15.2. The van der Waals surface area contributed by atoms with Crippen molar-refractivity contribution < 1.29 is 19.1 Å². The van der Waals surface area contributed by atoms with E-state index in [1.54, 1.807) is 23.1 Å². The van der Waals surface area contributed by atoms with Gasteiger partial charge >= 0.3 is 0 Å². The van der Waals surface area contributed by atoms with Gasteiger partial charge in [-0.1, -0.05) is 30.3 Å². The van der Waals surface area contributed by atoms with Crippen molar-refractivity contribution in [2.24, 2.45) is 0 Å². The number of rotatable bonds is 4. The molecule has 2 heterocycles. The average molecular weight is 366 g/mol. The maximum Gasteiger partial charge on any atom is 0.250 e. The van der Waals surface area contributed by atoms with E-state index in [-0.39, 0.29) is 11.8 Å². The Labute approximate surface area is 158 Å². The molecule has 2 aliphatic rings. The highest BCUT2D eigenvalue weighted by Gasteiger charge is 2.49. The Morgan fingerprint density at radius 1 is 1.07 bits per heavy atom. The summed E-state index contributed by atoms with van der Waals surface area (Å²) in [6, 6.07) is 14.9. The van der Waals surface area contributed by atoms with Crippen molar-refractivity contribution in [1.82, 2.24) is 4.90 Å². The van der Waals surface area contributed by atoms with E-state index in [0.717, 1.165) is 5.56 Å². The summed E-state index contributed by atoms with van der Waals surface area (Å²) < 4.78 is 11.1. The predicted molar refractivity (Wildman–Crippen MR) is 101 cm³/mol. The fourth-order valence-corrected chi connectivity index (χ4v) is 3.45. The lowest BCUT2D eigenvalue weighted by molar-refractivity contribution is -0.154. The molecule has 0 bridgehead atoms. The molecule has 1 unspecified atom stereocenters. The van der Waals surface area contributed by atoms with Gasteiger partial charge in [-0.05, 0) is 31.0 Å². The quantitative estimate of drug-likeness (QED) is 0.903. The number of benzene rings is 2. The molecule has 2 aromatic rings. The fourth-order valence-electron chi connectivity index (χ4n) is 3.45. The zero-order valence-electron chi connectivity index (χ0n) is 15.2. The maximum atomic E-state index is 12.9. The standard InChI is InChI=1S/C21H22N2O4/c1-21(9-10-23(21)19(24)13-15-5-3-2-4-6-15)20(25)22-16-7-8-17-18(14-16)27-12-11-26-17/h2-8,14H,9-13H2,1H3,(H,22,25). The minimum Gasteiger partial charge on any atom is -0.486 e. The van der Waals surface area contributed by atoms with Gasteiger partial charge in [0.15, 0.2) is 11.5 Å². The van der Waals surface area contributed by atoms with Gasteiger partial charge in [0, 0.05) is 18.3 Å². The third-order valence-electron chi connectivity index (χ3n) is 5.21. The van der Waals surface area contributed by atoms with Gasteiger partial charge in [-0.15, -0.1) is 0 Å². The first-order valence-electron chi connectivity index (χ1n) is 9.12. The lowest BCUT2D eigenvalue weighted by atomic mass is 9.84. The lowest BCUT2D eigenvalue weighted by Crippen LogP contribution is -2.66. The molecule has 0 aliphatic carbocycles. The van der Waals surface area contributed by atoms with Crippen LogP contribution in [0.5, 0.6) is 11.5 Å². The summed E-state index contributed by atoms with van der Waals surface area (Å²) in [4.78, 5) is 27.2. The van der Waals surface area contributed by atoms with E-state index in [4.69, 9.17) is 9.47 Å². The van der Waals surface area contributed by atoms with Gasteiger partial charge in [0.05, 0.1) is 6.42 Å². The predicted octanol–water partition coefficient (Wildman–Crippen LogP) is 2.63. The molecule has 0 saturated carbocycles. The number of amides is 2. The van der Waals surface area contributed by atoms with Crippen molar-refractivity contribution in [2.45, 2.75) is 25.3 Å². The SMILES string of the molecule is CC1(C(=O)Nc2ccc3c(c2)OCCO3)CCN1C(=O)Cc1ccccc1. The second-order valence-electron chi connectivity index (χ2n) is 7.04. The summed E-state index contributed by atoms with van der Waals surface area (Å²) in [6.07, 6.45) is 0.942. The number of anilines is 1. The Bertz CT molecular complexity index is 868. The van der Waals surface area contributed by atoms with E-state index in [1.807, 2.05) is 37.3 Å². The normalized spacial score (nSPS) is 20.6. The maximum absolute atomic E-state index is 12.9. The number of carbonyl (C=O) groups excluding carboxylic acids is 2. The average Bonchev–Trinajstić information content (AvgIpc) is 2.67. The van der Waals surface area contributed by atoms with E-state index in [9.17, 15) is 9.59 Å². The van der Waals surface area contributed by atoms with Crippen molar-refractivity contribution in [1.29, 1.82) is 0 Å². The Morgan fingerprint density at radius 2 is 1.81 bits per heavy atom. The highest BCUT2D eigenvalue weighted by atomic mass is 16.6. The summed E-state index contributed by atoms with van der Waals surface area (Å²) in [5.41, 5.74) is 0.746. The topological polar surface area (TPSA) is 67.9 Å². The number of ether oxygens (including phenoxy) is 2. The molecule has 27 heavy (non-hydrogen) atoms. The molecule has 2 aromatic carbocycles. The van der Waals surface area contributed by atoms with Gasteiger partial charge < -0.3 is 19.7 Å². The smallest absolute Gasteiger partial charge is 0.250 e. The molecule has 0 spiro atoms. The summed E-state index contributed by atoms with van der Waals surface area (Å²) in [5.74, 6) is 1.07. The van der Waals surface area contributed by atoms with Gasteiger partial charge in [-0.2, -0.15) is 0 Å². The first-order valence-corrected chi connectivity index (χ1v) is 9.12. The first kappa shape index (κ1) is 17.4. The van der Waals surface area contributed by atoms with Gasteiger partial charge in [-0.25, -0.2) is 0 Å². The van der Waals surface area contributed by atoms with E-state index in [1.165, 1.54) is 0 Å². The molecule has 1 atom stereocenters. The van der Waals surface area contributed by atoms with Crippen LogP contribution in [0.2, 0.25) is 0 Å². The number of hydrogen-bond acceptors (Lipinski definition) is 4. The summed E-state index contributed by atoms with van der Waals surface area (Å²) in [6.45, 7) is 3.42. The summed E-state index contributed by atoms with van der Waals surface area (Å²) in [7, 11) is 0. The second kappa shape index (κ2) is 6.95. The largest absolute Gasteiger partial charge is 0.486 e. The molecule has 1 saturated heterocycles. The summed E-state index contributed by atoms with van der Waals surface area (Å²) >= 11 is 0. The number of nitrogens with zero attached hydrogens (tertiary/aromatic N) is 1. The van der Waals surface area contributed by atoms with Gasteiger partial charge in [0.2, 0.25) is 11.8 Å². The Hall–Kier alpha value is -3.02. The van der Waals surface area contributed by atoms with E-state index < -0.39 is 5.54 Å². The monoisotopic (exact) mass is 366 g/mol. The van der Waals surface area contributed by atoms with E-state index in [0.29, 0.717) is 49.8 Å². The van der Waals surface area contributed by atoms with Crippen LogP contribution in [-0.4, -0.2) is 42.0 Å². The molecule has 4 rings (SSSR count). The van der Waals surface area contributed by atoms with Crippen LogP contribution in [0.4, 0.5) is 5.69 Å². The minimum atomic E-state index is -0.834. The molecular weight excluding hydrogens is 344 g/mol. The van der Waals surface area contributed by atoms with Crippen LogP contribution in [0.3, 0.4) is 0 Å². The van der Waals surface area contributed by atoms with Crippen molar-refractivity contribution >= 4 is 17.5 Å². The van der Waals surface area contributed by atoms with Crippen LogP contribution in [0.25, 0.3) is 0 Å². The number of likely N-dealkylation sites (tertiary alicyclic amines) is 1. The Morgan fingerprint density at radius 3 is 2.52 bits per heavy atom. The van der Waals surface area contributed by atoms with Gasteiger partial charge in [0.1, 0.15) is 18.8 Å². The van der Waals surface area contributed by atoms with Crippen LogP contribution in [0, 0.1) is 0 Å². The molecular formula is C21H22N2O4. The molecule has 6 heteroatoms. The number of carbonyl (C=O) groups is 2. The molecule has 1 fully saturated rings. The minimum absolute atomic E-state index is 0.0349. The molecule has 0 aromatic heterocycles. The Kier molecular flexibility index (Phi) is 4.48. The van der Waals surface area contributed by atoms with Crippen LogP contribution in [0.1, 0.15) is 18.9 Å². The molecule has 140 valence electrons. The third-order valence-corrected chi connectivity index (χ3v) is 5.21. The first-order chi connectivity index (χ1) is 13.1. The number of nitrogens with one attached hydrogen (secondary N) is 1. The third kappa shape index (κ3) is 3.35. The van der Waals surface area contributed by atoms with Gasteiger partial charge in [0.25, 0.3) is 0 Å². The van der Waals surface area contributed by atoms with Crippen molar-refractivity contribution in [3.63, 3.8) is 0 Å². The molecule has 2 amide bonds. The van der Waals surface area contributed by atoms with Crippen LogP contribution < -0.4 is 14.8 Å². The van der Waals surface area contributed by atoms with Crippen LogP contribution >= 0.6 is 0 Å². The fraction of sp³-hybridized carbons (Fsp3) is 0.333. The molecule has 0 radical (unpaired) electrons. The number of hydrogen-bond donors (Lipinski definition) is 1. The van der Waals surface area contributed by atoms with Crippen LogP contribution in [-0.2, 0) is 16.0 Å². The molecule has 2 aliphatic heterocycles. The highest BCUT2D eigenvalue weighted by Crippen LogP contribution is 2.35. The van der Waals surface area contributed by atoms with E-state index >= 15 is 0 Å². The summed E-state index contributed by atoms with van der Waals surface area (Å²) in [5, 5.41) is 2.91. The lowest BCUT2D eigenvalue weighted by Gasteiger charge is -2.49. The van der Waals surface area contributed by atoms with Crippen LogP contribution in [0.15, 0.2) is 48.5 Å².